The van der Waals surface area contributed by atoms with E-state index in [9.17, 15) is 47.5 Å². The van der Waals surface area contributed by atoms with Gasteiger partial charge in [-0.3, -0.25) is 0 Å². The molecule has 0 aliphatic rings. The zero-order valence-electron chi connectivity index (χ0n) is 79.9. The van der Waals surface area contributed by atoms with Crippen molar-refractivity contribution in [2.75, 3.05) is 59.6 Å². The molecular formula is C97H118BrF5N20O5S10. The number of nitrogens with zero attached hydrogens (tertiary/aromatic N) is 15. The Labute approximate surface area is 851 Å². The molecule has 0 amide bonds. The van der Waals surface area contributed by atoms with Gasteiger partial charge >= 0.3 is 0 Å². The van der Waals surface area contributed by atoms with Crippen LogP contribution in [-0.2, 0) is 17.3 Å². The molecule has 0 spiro atoms. The van der Waals surface area contributed by atoms with Gasteiger partial charge in [-0.25, -0.2) is 96.7 Å². The fraction of sp³-hybridized carbons (Fsp3) is 0.433. The zero-order chi connectivity index (χ0) is 99.6. The third kappa shape index (κ3) is 33.4. The fourth-order valence-corrected chi connectivity index (χ4v) is 22.9. The Bertz CT molecular complexity index is 6430. The van der Waals surface area contributed by atoms with Gasteiger partial charge in [0.2, 0.25) is 0 Å². The number of halogens is 6. The molecule has 138 heavy (non-hydrogen) atoms. The van der Waals surface area contributed by atoms with E-state index in [4.69, 9.17) is 4.98 Å². The SMILES string of the molecule is Cc1nc2nc(SC(C)c3ccc(F)cc3)nc(N[C@@H](CO)CC(C)C)c2s1.Cc1nc2nc(SC(C)c3ccccc3F)nc(N[C@@H](CO)CC(C)C)c2s1.Cc1nc2nc(SCc3ccc(Br)cc3F)nc(N[C@@H](CO)CC(C)C)c2s1.Cc1nc2nc(SCc3ccc(F)cc3)nc(N[C@@H](CO)CC(C)C)c2s1.Cc1nc2nc(SCc3ccccc3[18F])nc(N[C@@H](CO)CC(C)C)c2s1. The molecule has 7 atom stereocenters. The number of hydrogen-bond donors (Lipinski definition) is 10. The second kappa shape index (κ2) is 53.6. The third-order valence-corrected chi connectivity index (χ3v) is 30.6. The number of rotatable bonds is 40. The van der Waals surface area contributed by atoms with Crippen LogP contribution in [-0.4, -0.2) is 164 Å². The summed E-state index contributed by atoms with van der Waals surface area (Å²) < 4.78 is 73.5. The highest BCUT2D eigenvalue weighted by molar-refractivity contribution is 9.10. The van der Waals surface area contributed by atoms with Crippen molar-refractivity contribution >= 4 is 212 Å². The van der Waals surface area contributed by atoms with Crippen LogP contribution in [0.1, 0.15) is 179 Å². The molecule has 0 saturated heterocycles. The molecule has 0 bridgehead atoms. The van der Waals surface area contributed by atoms with Gasteiger partial charge in [-0.1, -0.05) is 211 Å². The number of benzene rings is 5. The van der Waals surface area contributed by atoms with Crippen molar-refractivity contribution in [3.05, 3.63) is 202 Å². The first-order valence-corrected chi connectivity index (χ1v) is 54.8. The van der Waals surface area contributed by atoms with Gasteiger partial charge in [0.25, 0.3) is 0 Å². The van der Waals surface area contributed by atoms with E-state index in [0.29, 0.717) is 151 Å². The second-order valence-corrected chi connectivity index (χ2v) is 47.3. The minimum Gasteiger partial charge on any atom is -0.394 e. The first kappa shape index (κ1) is 110. The van der Waals surface area contributed by atoms with Gasteiger partial charge < -0.3 is 52.1 Å². The molecule has 5 aromatic carbocycles. The van der Waals surface area contributed by atoms with Gasteiger partial charge in [-0.15, -0.1) is 56.7 Å². The number of thioether (sulfide) groups is 5. The Balaban J connectivity index is 0.000000165. The lowest BCUT2D eigenvalue weighted by Gasteiger charge is -2.19. The van der Waals surface area contributed by atoms with Gasteiger partial charge in [0.05, 0.1) is 88.3 Å². The molecule has 10 aromatic heterocycles. The Morgan fingerprint density at radius 2 is 0.601 bits per heavy atom. The first-order valence-electron chi connectivity index (χ1n) is 45.2. The van der Waals surface area contributed by atoms with Crippen LogP contribution in [0.15, 0.2) is 146 Å². The summed E-state index contributed by atoms with van der Waals surface area (Å²) in [7, 11) is 0. The summed E-state index contributed by atoms with van der Waals surface area (Å²) in [6, 6.07) is 31.0. The highest BCUT2D eigenvalue weighted by Crippen LogP contribution is 2.42. The van der Waals surface area contributed by atoms with E-state index in [1.54, 1.807) is 77.3 Å². The maximum atomic E-state index is 14.1. The number of aliphatic hydroxyl groups excluding tert-OH is 5. The van der Waals surface area contributed by atoms with Crippen molar-refractivity contribution in [3.63, 3.8) is 0 Å². The van der Waals surface area contributed by atoms with Gasteiger partial charge in [0.1, 0.15) is 52.6 Å². The first-order chi connectivity index (χ1) is 66.0. The Kier molecular flexibility index (Phi) is 42.8. The number of fused-ring (bicyclic) bond motifs is 5. The number of aryl methyl sites for hydroxylation is 5. The summed E-state index contributed by atoms with van der Waals surface area (Å²) in [4.78, 5) is 68.6. The molecule has 15 aromatic rings. The average Bonchev–Trinajstić information content (AvgIpc) is 1.67. The molecule has 2 unspecified atom stereocenters. The lowest BCUT2D eigenvalue weighted by atomic mass is 10.0. The second-order valence-electron chi connectivity index (χ2n) is 34.9. The molecule has 25 nitrogen and oxygen atoms in total. The van der Waals surface area contributed by atoms with Crippen molar-refractivity contribution in [2.45, 2.75) is 234 Å². The smallest absolute Gasteiger partial charge is 0.192 e. The summed E-state index contributed by atoms with van der Waals surface area (Å²) in [5.41, 5.74) is 7.05. The van der Waals surface area contributed by atoms with Crippen LogP contribution in [0.5, 0.6) is 0 Å². The standard InChI is InChI=1S/2C20H25FN4OS2.C19H22BrFN4OS2.2C19H23FN4OS2/c1-11(2)9-16(10-26)23-19-17-18(22-13(4)28-17)24-20(25-19)27-12(3)14-5-7-15(21)8-6-14;1-11(2)9-14(10-26)23-19-17-18(22-13(4)28-17)24-20(25-19)27-12(3)15-7-5-6-8-16(15)21;1-10(2)6-14(8-26)23-18-16-17(22-11(3)28-16)24-19(25-18)27-9-12-4-5-13(20)7-15(12)21;1-11(2)8-15(9-25)22-18-16-17(21-12(3)27-16)23-19(24-18)26-10-13-4-6-14(20)7-5-13;1-11(2)8-14(9-25)22-18-16-17(21-12(3)27-16)23-19(24-18)26-10-13-6-4-5-7-15(13)20/h5-8,11-12,16,26H,9-10H2,1-4H3,(H,23,24,25);5-8,11-12,14,26H,9-10H2,1-4H3,(H,23,24,25);4-5,7,10,14,26H,6,8-9H2,1-3H3,(H,23,24,25);4-7,11,15,25H,8-10H2,1-3H3,(H,22,23,24);4-7,11,14,25H,8-10H2,1-3H3,(H,22,23,24)/t12?,16-;12?,14-;14-;15-;14-/m11111/s1/i;;;;20-1. The summed E-state index contributed by atoms with van der Waals surface area (Å²) in [5, 5.41) is 72.7. The number of thiazole rings is 5. The number of aliphatic hydroxyl groups is 5. The average molecular weight is 2140 g/mol. The maximum absolute atomic E-state index is 14.1. The van der Waals surface area contributed by atoms with Crippen LogP contribution < -0.4 is 26.6 Å². The quantitative estimate of drug-likeness (QED) is 0.00969. The van der Waals surface area contributed by atoms with Crippen LogP contribution in [0.25, 0.3) is 51.7 Å². The topological polar surface area (TPSA) is 355 Å². The Morgan fingerprint density at radius 1 is 0.312 bits per heavy atom. The summed E-state index contributed by atoms with van der Waals surface area (Å²) in [6.07, 6.45) is 4.17. The van der Waals surface area contributed by atoms with E-state index < -0.39 is 0 Å². The van der Waals surface area contributed by atoms with Gasteiger partial charge in [0, 0.05) is 37.8 Å². The minimum absolute atomic E-state index is 0.0219. The lowest BCUT2D eigenvalue weighted by molar-refractivity contribution is 0.259. The molecule has 738 valence electrons. The summed E-state index contributed by atoms with van der Waals surface area (Å²) >= 11 is 18.1. The van der Waals surface area contributed by atoms with E-state index in [1.807, 2.05) is 66.7 Å². The van der Waals surface area contributed by atoms with E-state index in [0.717, 1.165) is 91.8 Å². The number of hydrogen-bond acceptors (Lipinski definition) is 35. The molecule has 10 N–H and O–H groups in total. The highest BCUT2D eigenvalue weighted by Gasteiger charge is 2.27. The Morgan fingerprint density at radius 3 is 0.920 bits per heavy atom. The van der Waals surface area contributed by atoms with Crippen LogP contribution in [0.3, 0.4) is 0 Å². The van der Waals surface area contributed by atoms with E-state index in [1.165, 1.54) is 135 Å². The van der Waals surface area contributed by atoms with Crippen molar-refractivity contribution < 1.29 is 47.5 Å². The van der Waals surface area contributed by atoms with E-state index >= 15 is 0 Å². The molecule has 0 aliphatic heterocycles. The molecule has 0 radical (unpaired) electrons. The molecule has 0 saturated carbocycles. The number of nitrogens with one attached hydrogen (secondary N) is 5. The van der Waals surface area contributed by atoms with Crippen LogP contribution in [0.2, 0.25) is 0 Å². The normalized spacial score (nSPS) is 13.1. The largest absolute Gasteiger partial charge is 0.394 e. The zero-order valence-corrected chi connectivity index (χ0v) is 89.6. The molecular weight excluding hydrogens is 2020 g/mol. The van der Waals surface area contributed by atoms with Gasteiger partial charge in [-0.2, -0.15) is 0 Å². The fourth-order valence-electron chi connectivity index (χ4n) is 14.3. The van der Waals surface area contributed by atoms with Gasteiger partial charge in [0.15, 0.2) is 83.1 Å². The molecule has 41 heteroatoms. The maximum Gasteiger partial charge on any atom is 0.192 e. The lowest BCUT2D eigenvalue weighted by Crippen LogP contribution is -2.26. The summed E-state index contributed by atoms with van der Waals surface area (Å²) in [5.74, 6) is 6.00. The van der Waals surface area contributed by atoms with Crippen molar-refractivity contribution in [2.24, 2.45) is 29.6 Å². The third-order valence-electron chi connectivity index (χ3n) is 20.5. The molecule has 0 fully saturated rings. The molecule has 10 heterocycles. The number of aromatic nitrogens is 15. The van der Waals surface area contributed by atoms with E-state index in [2.05, 4.69) is 182 Å². The van der Waals surface area contributed by atoms with Gasteiger partial charge in [-0.05, 0) is 181 Å². The van der Waals surface area contributed by atoms with Crippen molar-refractivity contribution in [3.8, 4) is 0 Å². The summed E-state index contributed by atoms with van der Waals surface area (Å²) in [6.45, 7) is 35.0. The Hall–Kier alpha value is -8.37. The van der Waals surface area contributed by atoms with Crippen molar-refractivity contribution in [1.29, 1.82) is 0 Å². The highest BCUT2D eigenvalue weighted by atomic mass is 79.9. The van der Waals surface area contributed by atoms with Crippen molar-refractivity contribution in [1.82, 2.24) is 74.8 Å². The monoisotopic (exact) mass is 2140 g/mol. The number of anilines is 5. The minimum atomic E-state index is -0.261. The van der Waals surface area contributed by atoms with Crippen LogP contribution in [0.4, 0.5) is 51.0 Å². The predicted octanol–water partition coefficient (Wildman–Crippen LogP) is 25.1. The van der Waals surface area contributed by atoms with Crippen LogP contribution in [0, 0.1) is 93.3 Å². The molecule has 0 aliphatic carbocycles. The molecule has 15 rings (SSSR count). The van der Waals surface area contributed by atoms with E-state index in [-0.39, 0.29) is 103 Å². The van der Waals surface area contributed by atoms with Crippen LogP contribution >= 0.6 is 131 Å². The predicted molar refractivity (Wildman–Crippen MR) is 566 cm³/mol.